The quantitative estimate of drug-likeness (QED) is 0.722. The lowest BCUT2D eigenvalue weighted by molar-refractivity contribution is 0.0731. The molecule has 0 spiro atoms. The van der Waals surface area contributed by atoms with Crippen molar-refractivity contribution >= 4 is 16.9 Å². The number of hydrogen-bond acceptors (Lipinski definition) is 3. The van der Waals surface area contributed by atoms with Crippen molar-refractivity contribution in [1.82, 2.24) is 19.7 Å². The number of carbonyl (C=O) groups is 1. The van der Waals surface area contributed by atoms with Crippen LogP contribution >= 0.6 is 0 Å². The highest BCUT2D eigenvalue weighted by Crippen LogP contribution is 2.32. The Labute approximate surface area is 151 Å². The summed E-state index contributed by atoms with van der Waals surface area (Å²) >= 11 is 0. The molecule has 0 aliphatic heterocycles. The molecule has 4 rings (SSSR count). The Morgan fingerprint density at radius 3 is 2.77 bits per heavy atom. The molecule has 0 bridgehead atoms. The molecule has 1 aromatic carbocycles. The minimum atomic E-state index is -0.282. The minimum Gasteiger partial charge on any atom is -0.331 e. The van der Waals surface area contributed by atoms with Gasteiger partial charge >= 0.3 is 0 Å². The largest absolute Gasteiger partial charge is 0.331 e. The lowest BCUT2D eigenvalue weighted by Gasteiger charge is -2.23. The van der Waals surface area contributed by atoms with Crippen LogP contribution in [0.1, 0.15) is 40.2 Å². The number of halogens is 1. The SMILES string of the molecule is Cc1cc(C(=O)N(Cc2cccc(F)c2)C2CC2)c2c(C)nn(C)c2n1. The summed E-state index contributed by atoms with van der Waals surface area (Å²) in [5.41, 5.74) is 3.72. The first-order chi connectivity index (χ1) is 12.4. The van der Waals surface area contributed by atoms with Gasteiger partial charge in [0.1, 0.15) is 5.82 Å². The molecule has 1 aliphatic carbocycles. The van der Waals surface area contributed by atoms with Crippen molar-refractivity contribution in [3.63, 3.8) is 0 Å². The van der Waals surface area contributed by atoms with Crippen LogP contribution in [-0.2, 0) is 13.6 Å². The van der Waals surface area contributed by atoms with Gasteiger partial charge < -0.3 is 4.90 Å². The van der Waals surface area contributed by atoms with E-state index in [4.69, 9.17) is 0 Å². The molecule has 0 unspecified atom stereocenters. The highest BCUT2D eigenvalue weighted by molar-refractivity contribution is 6.06. The maximum absolute atomic E-state index is 13.6. The molecule has 2 aromatic heterocycles. The van der Waals surface area contributed by atoms with E-state index < -0.39 is 0 Å². The second kappa shape index (κ2) is 6.20. The van der Waals surface area contributed by atoms with Crippen LogP contribution in [0.5, 0.6) is 0 Å². The van der Waals surface area contributed by atoms with Gasteiger partial charge in [0, 0.05) is 25.3 Å². The minimum absolute atomic E-state index is 0.0386. The molecule has 0 N–H and O–H groups in total. The number of fused-ring (bicyclic) bond motifs is 1. The topological polar surface area (TPSA) is 51.0 Å². The summed E-state index contributed by atoms with van der Waals surface area (Å²) in [5, 5.41) is 5.22. The first-order valence-electron chi connectivity index (χ1n) is 8.80. The summed E-state index contributed by atoms with van der Waals surface area (Å²) < 4.78 is 15.3. The smallest absolute Gasteiger partial charge is 0.255 e. The summed E-state index contributed by atoms with van der Waals surface area (Å²) in [5.74, 6) is -0.320. The molecule has 1 saturated carbocycles. The van der Waals surface area contributed by atoms with E-state index in [0.717, 1.165) is 35.2 Å². The molecule has 1 amide bonds. The third-order valence-corrected chi connectivity index (χ3v) is 4.82. The molecule has 5 nitrogen and oxygen atoms in total. The Kier molecular flexibility index (Phi) is 3.98. The van der Waals surface area contributed by atoms with Crippen LogP contribution < -0.4 is 0 Å². The van der Waals surface area contributed by atoms with Gasteiger partial charge in [-0.15, -0.1) is 0 Å². The summed E-state index contributed by atoms with van der Waals surface area (Å²) in [6, 6.07) is 8.49. The van der Waals surface area contributed by atoms with Crippen LogP contribution in [0.3, 0.4) is 0 Å². The van der Waals surface area contributed by atoms with E-state index in [1.54, 1.807) is 10.7 Å². The number of amides is 1. The Balaban J connectivity index is 1.76. The number of pyridine rings is 1. The van der Waals surface area contributed by atoms with Crippen molar-refractivity contribution in [2.24, 2.45) is 7.05 Å². The van der Waals surface area contributed by atoms with Crippen LogP contribution in [0.25, 0.3) is 11.0 Å². The van der Waals surface area contributed by atoms with Gasteiger partial charge in [-0.1, -0.05) is 12.1 Å². The van der Waals surface area contributed by atoms with Gasteiger partial charge in [-0.25, -0.2) is 9.37 Å². The zero-order valence-electron chi connectivity index (χ0n) is 15.2. The number of aryl methyl sites for hydroxylation is 3. The van der Waals surface area contributed by atoms with Gasteiger partial charge in [-0.2, -0.15) is 5.10 Å². The van der Waals surface area contributed by atoms with Gasteiger partial charge in [0.2, 0.25) is 0 Å². The Hall–Kier alpha value is -2.76. The highest BCUT2D eigenvalue weighted by atomic mass is 19.1. The summed E-state index contributed by atoms with van der Waals surface area (Å²) in [6.07, 6.45) is 1.97. The highest BCUT2D eigenvalue weighted by Gasteiger charge is 2.34. The van der Waals surface area contributed by atoms with Crippen LogP contribution in [0, 0.1) is 19.7 Å². The number of nitrogens with zero attached hydrogens (tertiary/aromatic N) is 4. The van der Waals surface area contributed by atoms with Crippen molar-refractivity contribution < 1.29 is 9.18 Å². The molecule has 0 saturated heterocycles. The lowest BCUT2D eigenvalue weighted by Crippen LogP contribution is -2.33. The van der Waals surface area contributed by atoms with Crippen molar-refractivity contribution in [1.29, 1.82) is 0 Å². The van der Waals surface area contributed by atoms with Crippen LogP contribution in [0.4, 0.5) is 4.39 Å². The maximum Gasteiger partial charge on any atom is 0.255 e. The van der Waals surface area contributed by atoms with Gasteiger partial charge in [-0.05, 0) is 50.5 Å². The van der Waals surface area contributed by atoms with Crippen LogP contribution in [0.2, 0.25) is 0 Å². The lowest BCUT2D eigenvalue weighted by atomic mass is 10.1. The molecule has 3 aromatic rings. The van der Waals surface area contributed by atoms with Gasteiger partial charge in [0.15, 0.2) is 5.65 Å². The molecular weight excluding hydrogens is 331 g/mol. The Morgan fingerprint density at radius 2 is 2.08 bits per heavy atom. The number of rotatable bonds is 4. The van der Waals surface area contributed by atoms with Crippen molar-refractivity contribution in [3.8, 4) is 0 Å². The van der Waals surface area contributed by atoms with E-state index in [9.17, 15) is 9.18 Å². The Morgan fingerprint density at radius 1 is 1.31 bits per heavy atom. The van der Waals surface area contributed by atoms with Gasteiger partial charge in [0.05, 0.1) is 16.6 Å². The predicted molar refractivity (Wildman–Crippen MR) is 97.3 cm³/mol. The number of carbonyl (C=O) groups excluding carboxylic acids is 1. The first kappa shape index (κ1) is 16.7. The summed E-state index contributed by atoms with van der Waals surface area (Å²) in [4.78, 5) is 19.8. The fourth-order valence-corrected chi connectivity index (χ4v) is 3.48. The normalized spacial score (nSPS) is 14.0. The molecule has 2 heterocycles. The first-order valence-corrected chi connectivity index (χ1v) is 8.80. The van der Waals surface area contributed by atoms with Crippen molar-refractivity contribution in [2.75, 3.05) is 0 Å². The molecule has 26 heavy (non-hydrogen) atoms. The fraction of sp³-hybridized carbons (Fsp3) is 0.350. The van der Waals surface area contributed by atoms with Crippen molar-refractivity contribution in [3.05, 3.63) is 58.7 Å². The van der Waals surface area contributed by atoms with E-state index in [0.29, 0.717) is 17.8 Å². The second-order valence-electron chi connectivity index (χ2n) is 7.01. The second-order valence-corrected chi connectivity index (χ2v) is 7.01. The number of aromatic nitrogens is 3. The zero-order chi connectivity index (χ0) is 18.4. The number of hydrogen-bond donors (Lipinski definition) is 0. The molecular formula is C20H21FN4O. The molecule has 1 aliphatic rings. The van der Waals surface area contributed by atoms with Crippen LogP contribution in [0.15, 0.2) is 30.3 Å². The van der Waals surface area contributed by atoms with Gasteiger partial charge in [0.25, 0.3) is 5.91 Å². The fourth-order valence-electron chi connectivity index (χ4n) is 3.48. The Bertz CT molecular complexity index is 1010. The third kappa shape index (κ3) is 2.96. The molecule has 134 valence electrons. The summed E-state index contributed by atoms with van der Waals surface area (Å²) in [6.45, 7) is 4.18. The summed E-state index contributed by atoms with van der Waals surface area (Å²) in [7, 11) is 1.83. The zero-order valence-corrected chi connectivity index (χ0v) is 15.2. The maximum atomic E-state index is 13.6. The standard InChI is InChI=1S/C20H21FN4O/c1-12-9-17(18-13(2)23-24(3)19(18)22-12)20(26)25(16-7-8-16)11-14-5-4-6-15(21)10-14/h4-6,9-10,16H,7-8,11H2,1-3H3. The van der Waals surface area contributed by atoms with E-state index in [1.807, 2.05) is 37.9 Å². The van der Waals surface area contributed by atoms with E-state index in [-0.39, 0.29) is 17.8 Å². The predicted octanol–water partition coefficient (Wildman–Crippen LogP) is 3.53. The monoisotopic (exact) mass is 352 g/mol. The van der Waals surface area contributed by atoms with Crippen molar-refractivity contribution in [2.45, 2.75) is 39.3 Å². The van der Waals surface area contributed by atoms with E-state index in [1.165, 1.54) is 12.1 Å². The number of benzene rings is 1. The molecule has 0 atom stereocenters. The van der Waals surface area contributed by atoms with E-state index in [2.05, 4.69) is 10.1 Å². The molecule has 0 radical (unpaired) electrons. The third-order valence-electron chi connectivity index (χ3n) is 4.82. The molecule has 1 fully saturated rings. The van der Waals surface area contributed by atoms with Gasteiger partial charge in [-0.3, -0.25) is 9.48 Å². The average molecular weight is 352 g/mol. The van der Waals surface area contributed by atoms with E-state index >= 15 is 0 Å². The van der Waals surface area contributed by atoms with Crippen LogP contribution in [-0.4, -0.2) is 31.6 Å². The molecule has 6 heteroatoms. The average Bonchev–Trinajstić information content (AvgIpc) is 3.39.